The summed E-state index contributed by atoms with van der Waals surface area (Å²) in [5.74, 6) is -1.72. The van der Waals surface area contributed by atoms with Gasteiger partial charge in [-0.05, 0) is 56.9 Å². The summed E-state index contributed by atoms with van der Waals surface area (Å²) in [5.41, 5.74) is -1.07. The monoisotopic (exact) mass is 469 g/mol. The Balaban J connectivity index is 1.92. The van der Waals surface area contributed by atoms with E-state index in [9.17, 15) is 23.3 Å². The lowest BCUT2D eigenvalue weighted by Crippen LogP contribution is -2.52. The lowest BCUT2D eigenvalue weighted by molar-refractivity contribution is -0.160. The minimum absolute atomic E-state index is 0.128. The van der Waals surface area contributed by atoms with Crippen molar-refractivity contribution in [2.45, 2.75) is 57.1 Å². The highest BCUT2D eigenvalue weighted by Crippen LogP contribution is 2.26. The number of hydrogen-bond donors (Lipinski definition) is 1. The van der Waals surface area contributed by atoms with Crippen molar-refractivity contribution in [2.75, 3.05) is 13.1 Å². The largest absolute Gasteiger partial charge is 0.452 e. The van der Waals surface area contributed by atoms with Crippen LogP contribution in [-0.2, 0) is 24.3 Å². The summed E-state index contributed by atoms with van der Waals surface area (Å²) in [5, 5.41) is 12.4. The first-order valence-electron chi connectivity index (χ1n) is 10.1. The number of ether oxygens (including phenoxy) is 1. The molecule has 1 amide bonds. The highest BCUT2D eigenvalue weighted by atomic mass is 35.5. The van der Waals surface area contributed by atoms with E-state index in [1.165, 1.54) is 35.5 Å². The Hall–Kier alpha value is -2.15. The highest BCUT2D eigenvalue weighted by Gasteiger charge is 2.36. The van der Waals surface area contributed by atoms with Gasteiger partial charge in [0.05, 0.1) is 16.9 Å². The predicted molar refractivity (Wildman–Crippen MR) is 115 cm³/mol. The first-order chi connectivity index (χ1) is 14.4. The zero-order chi connectivity index (χ0) is 23.4. The Bertz CT molecular complexity index is 950. The van der Waals surface area contributed by atoms with Crippen molar-refractivity contribution in [2.24, 2.45) is 11.8 Å². The predicted octanol–water partition coefficient (Wildman–Crippen LogP) is 2.73. The maximum atomic E-state index is 12.7. The molecule has 170 valence electrons. The molecule has 0 radical (unpaired) electrons. The van der Waals surface area contributed by atoms with Gasteiger partial charge in [0.25, 0.3) is 5.91 Å². The second-order valence-corrected chi connectivity index (χ2v) is 10.5. The molecule has 0 bridgehead atoms. The summed E-state index contributed by atoms with van der Waals surface area (Å²) in [6.45, 7) is 7.03. The molecule has 1 heterocycles. The van der Waals surface area contributed by atoms with Crippen LogP contribution in [0, 0.1) is 23.2 Å². The van der Waals surface area contributed by atoms with Crippen molar-refractivity contribution in [3.8, 4) is 6.07 Å². The second-order valence-electron chi connectivity index (χ2n) is 8.17. The maximum absolute atomic E-state index is 12.7. The molecule has 2 atom stereocenters. The average molecular weight is 470 g/mol. The van der Waals surface area contributed by atoms with Crippen LogP contribution >= 0.6 is 11.6 Å². The molecular formula is C21H28ClN3O5S. The maximum Gasteiger partial charge on any atom is 0.309 e. The molecule has 10 heteroatoms. The Kier molecular flexibility index (Phi) is 8.09. The molecule has 1 aliphatic rings. The molecule has 1 saturated heterocycles. The van der Waals surface area contributed by atoms with Gasteiger partial charge in [-0.15, -0.1) is 0 Å². The van der Waals surface area contributed by atoms with Crippen LogP contribution in [0.2, 0.25) is 5.02 Å². The van der Waals surface area contributed by atoms with Crippen LogP contribution in [0.1, 0.15) is 40.5 Å². The fourth-order valence-corrected chi connectivity index (χ4v) is 4.67. The number of piperidine rings is 1. The number of amides is 1. The molecule has 1 N–H and O–H groups in total. The standard InChI is InChI=1S/C21H28ClN3O5S/c1-14(2)21(4,13-23)24-19(26)15(3)30-20(27)16-9-11-25(12-10-16)31(28,29)18-7-5-17(22)6-8-18/h5-8,14-16H,9-12H2,1-4H3,(H,24,26). The van der Waals surface area contributed by atoms with E-state index in [0.29, 0.717) is 17.9 Å². The average Bonchev–Trinajstić information content (AvgIpc) is 2.73. The third kappa shape index (κ3) is 5.97. The molecule has 1 fully saturated rings. The van der Waals surface area contributed by atoms with Crippen LogP contribution in [0.15, 0.2) is 29.2 Å². The van der Waals surface area contributed by atoms with E-state index < -0.39 is 39.5 Å². The van der Waals surface area contributed by atoms with Gasteiger partial charge in [0.1, 0.15) is 5.54 Å². The number of carbonyl (C=O) groups is 2. The zero-order valence-corrected chi connectivity index (χ0v) is 19.7. The molecule has 2 rings (SSSR count). The van der Waals surface area contributed by atoms with Gasteiger partial charge < -0.3 is 10.1 Å². The molecule has 8 nitrogen and oxygen atoms in total. The zero-order valence-electron chi connectivity index (χ0n) is 18.1. The number of nitrogens with zero attached hydrogens (tertiary/aromatic N) is 2. The van der Waals surface area contributed by atoms with E-state index in [-0.39, 0.29) is 23.9 Å². The van der Waals surface area contributed by atoms with Crippen molar-refractivity contribution in [1.82, 2.24) is 9.62 Å². The van der Waals surface area contributed by atoms with Crippen molar-refractivity contribution >= 4 is 33.5 Å². The molecule has 2 unspecified atom stereocenters. The van der Waals surface area contributed by atoms with Crippen molar-refractivity contribution < 1.29 is 22.7 Å². The van der Waals surface area contributed by atoms with Gasteiger partial charge in [-0.3, -0.25) is 9.59 Å². The van der Waals surface area contributed by atoms with Gasteiger partial charge in [0, 0.05) is 18.1 Å². The number of benzene rings is 1. The van der Waals surface area contributed by atoms with Crippen molar-refractivity contribution in [1.29, 1.82) is 5.26 Å². The van der Waals surface area contributed by atoms with Gasteiger partial charge in [0.2, 0.25) is 10.0 Å². The van der Waals surface area contributed by atoms with Gasteiger partial charge in [-0.25, -0.2) is 8.42 Å². The van der Waals surface area contributed by atoms with Crippen LogP contribution in [0.5, 0.6) is 0 Å². The minimum atomic E-state index is -3.67. The SMILES string of the molecule is CC(OC(=O)C1CCN(S(=O)(=O)c2ccc(Cl)cc2)CC1)C(=O)NC(C)(C#N)C(C)C. The Morgan fingerprint density at radius 3 is 2.26 bits per heavy atom. The number of sulfonamides is 1. The quantitative estimate of drug-likeness (QED) is 0.613. The molecule has 0 aromatic heterocycles. The minimum Gasteiger partial charge on any atom is -0.452 e. The van der Waals surface area contributed by atoms with E-state index in [2.05, 4.69) is 11.4 Å². The number of halogens is 1. The molecule has 1 aromatic rings. The van der Waals surface area contributed by atoms with E-state index in [4.69, 9.17) is 16.3 Å². The fourth-order valence-electron chi connectivity index (χ4n) is 3.07. The summed E-state index contributed by atoms with van der Waals surface area (Å²) in [7, 11) is -3.67. The Labute approximate surface area is 188 Å². The smallest absolute Gasteiger partial charge is 0.309 e. The van der Waals surface area contributed by atoms with Crippen LogP contribution in [0.3, 0.4) is 0 Å². The number of nitrogens with one attached hydrogen (secondary N) is 1. The lowest BCUT2D eigenvalue weighted by atomic mass is 9.90. The van der Waals surface area contributed by atoms with E-state index >= 15 is 0 Å². The van der Waals surface area contributed by atoms with E-state index in [0.717, 1.165) is 0 Å². The molecule has 1 aliphatic heterocycles. The third-order valence-corrected chi connectivity index (χ3v) is 7.84. The summed E-state index contributed by atoms with van der Waals surface area (Å²) in [6, 6.07) is 8.00. The number of esters is 1. The number of nitriles is 1. The molecule has 31 heavy (non-hydrogen) atoms. The molecule has 0 spiro atoms. The summed E-state index contributed by atoms with van der Waals surface area (Å²) < 4.78 is 32.1. The normalized spacial score (nSPS) is 18.6. The Morgan fingerprint density at radius 2 is 1.77 bits per heavy atom. The van der Waals surface area contributed by atoms with E-state index in [1.54, 1.807) is 6.92 Å². The fraction of sp³-hybridized carbons (Fsp3) is 0.571. The van der Waals surface area contributed by atoms with Crippen LogP contribution in [0.25, 0.3) is 0 Å². The number of rotatable bonds is 7. The second kappa shape index (κ2) is 9.98. The van der Waals surface area contributed by atoms with Crippen LogP contribution in [-0.4, -0.2) is 49.3 Å². The van der Waals surface area contributed by atoms with Gasteiger partial charge in [-0.1, -0.05) is 25.4 Å². The molecule has 1 aromatic carbocycles. The lowest BCUT2D eigenvalue weighted by Gasteiger charge is -2.31. The van der Waals surface area contributed by atoms with Gasteiger partial charge in [0.15, 0.2) is 6.10 Å². The highest BCUT2D eigenvalue weighted by molar-refractivity contribution is 7.89. The Morgan fingerprint density at radius 1 is 1.23 bits per heavy atom. The summed E-state index contributed by atoms with van der Waals surface area (Å²) >= 11 is 5.82. The third-order valence-electron chi connectivity index (χ3n) is 5.67. The number of hydrogen-bond acceptors (Lipinski definition) is 6. The van der Waals surface area contributed by atoms with Crippen LogP contribution in [0.4, 0.5) is 0 Å². The van der Waals surface area contributed by atoms with E-state index in [1.807, 2.05) is 13.8 Å². The van der Waals surface area contributed by atoms with Gasteiger partial charge in [-0.2, -0.15) is 9.57 Å². The topological polar surface area (TPSA) is 117 Å². The summed E-state index contributed by atoms with van der Waals surface area (Å²) in [4.78, 5) is 25.0. The van der Waals surface area contributed by atoms with Crippen molar-refractivity contribution in [3.05, 3.63) is 29.3 Å². The van der Waals surface area contributed by atoms with Crippen molar-refractivity contribution in [3.63, 3.8) is 0 Å². The number of carbonyl (C=O) groups excluding carboxylic acids is 2. The summed E-state index contributed by atoms with van der Waals surface area (Å²) in [6.07, 6.45) is -0.473. The van der Waals surface area contributed by atoms with Crippen LogP contribution < -0.4 is 5.32 Å². The molecule has 0 saturated carbocycles. The van der Waals surface area contributed by atoms with Gasteiger partial charge >= 0.3 is 5.97 Å². The molecular weight excluding hydrogens is 442 g/mol. The first kappa shape index (κ1) is 25.1. The first-order valence-corrected chi connectivity index (χ1v) is 11.9. The molecule has 0 aliphatic carbocycles.